The summed E-state index contributed by atoms with van der Waals surface area (Å²) in [7, 11) is 0.764. The molecule has 0 atom stereocenters. The number of hydrogen-bond acceptors (Lipinski definition) is 5. The smallest absolute Gasteiger partial charge is 0.252 e. The van der Waals surface area contributed by atoms with Crippen LogP contribution in [0.25, 0.3) is 0 Å². The summed E-state index contributed by atoms with van der Waals surface area (Å²) in [5, 5.41) is 1.82. The van der Waals surface area contributed by atoms with E-state index >= 15 is 0 Å². The third kappa shape index (κ3) is 3.17. The number of piperidine rings is 1. The second-order valence-electron chi connectivity index (χ2n) is 5.08. The molecule has 0 spiro atoms. The van der Waals surface area contributed by atoms with Crippen LogP contribution in [0.4, 0.5) is 0 Å². The molecular weight excluding hydrogens is 282 g/mol. The minimum atomic E-state index is -3.32. The molecule has 0 saturated carbocycles. The topological polar surface area (TPSA) is 66.6 Å². The lowest BCUT2D eigenvalue weighted by molar-refractivity contribution is 0.197. The summed E-state index contributed by atoms with van der Waals surface area (Å²) in [4.78, 5) is 2.17. The van der Waals surface area contributed by atoms with Crippen LogP contribution in [0.3, 0.4) is 0 Å². The molecule has 0 amide bonds. The molecular formula is C12H21N3O2S2. The van der Waals surface area contributed by atoms with Crippen LogP contribution in [0.1, 0.15) is 18.4 Å². The van der Waals surface area contributed by atoms with E-state index in [1.165, 1.54) is 11.3 Å². The summed E-state index contributed by atoms with van der Waals surface area (Å²) in [5.41, 5.74) is 6.41. The SMILES string of the molecule is CN(C)C1CCN(S(=O)(=O)c2cc(CN)cs2)CC1. The average Bonchev–Trinajstić information content (AvgIpc) is 2.88. The van der Waals surface area contributed by atoms with Crippen LogP contribution in [0.2, 0.25) is 0 Å². The second-order valence-corrected chi connectivity index (χ2v) is 8.15. The molecule has 0 radical (unpaired) electrons. The summed E-state index contributed by atoms with van der Waals surface area (Å²) < 4.78 is 27.0. The van der Waals surface area contributed by atoms with Crippen LogP contribution in [0, 0.1) is 0 Å². The van der Waals surface area contributed by atoms with Crippen molar-refractivity contribution >= 4 is 21.4 Å². The standard InChI is InChI=1S/C12H21N3O2S2/c1-14(2)11-3-5-15(6-4-11)19(16,17)12-7-10(8-13)9-18-12/h7,9,11H,3-6,8,13H2,1-2H3. The van der Waals surface area contributed by atoms with Crippen LogP contribution in [0.5, 0.6) is 0 Å². The Morgan fingerprint density at radius 1 is 1.42 bits per heavy atom. The minimum absolute atomic E-state index is 0.384. The fourth-order valence-electron chi connectivity index (χ4n) is 2.32. The summed E-state index contributed by atoms with van der Waals surface area (Å²) in [6.07, 6.45) is 1.78. The predicted molar refractivity (Wildman–Crippen MR) is 77.7 cm³/mol. The van der Waals surface area contributed by atoms with Gasteiger partial charge in [0.15, 0.2) is 0 Å². The number of nitrogens with two attached hydrogens (primary N) is 1. The van der Waals surface area contributed by atoms with E-state index in [4.69, 9.17) is 5.73 Å². The molecule has 1 aliphatic rings. The van der Waals surface area contributed by atoms with E-state index in [0.29, 0.717) is 29.9 Å². The highest BCUT2D eigenvalue weighted by molar-refractivity contribution is 7.91. The summed E-state index contributed by atoms with van der Waals surface area (Å²) >= 11 is 1.26. The molecule has 0 unspecified atom stereocenters. The Balaban J connectivity index is 2.09. The highest BCUT2D eigenvalue weighted by atomic mass is 32.2. The quantitative estimate of drug-likeness (QED) is 0.898. The van der Waals surface area contributed by atoms with Crippen molar-refractivity contribution in [2.24, 2.45) is 5.73 Å². The van der Waals surface area contributed by atoms with E-state index in [1.807, 2.05) is 19.5 Å². The fourth-order valence-corrected chi connectivity index (χ4v) is 5.17. The van der Waals surface area contributed by atoms with E-state index in [2.05, 4.69) is 4.90 Å². The van der Waals surface area contributed by atoms with Crippen LogP contribution in [-0.2, 0) is 16.6 Å². The largest absolute Gasteiger partial charge is 0.326 e. The van der Waals surface area contributed by atoms with Gasteiger partial charge >= 0.3 is 0 Å². The van der Waals surface area contributed by atoms with Gasteiger partial charge in [0.05, 0.1) is 0 Å². The van der Waals surface area contributed by atoms with Crippen LogP contribution < -0.4 is 5.73 Å². The van der Waals surface area contributed by atoms with E-state index in [-0.39, 0.29) is 0 Å². The number of thiophene rings is 1. The molecule has 2 heterocycles. The Morgan fingerprint density at radius 2 is 2.05 bits per heavy atom. The summed E-state index contributed by atoms with van der Waals surface area (Å²) in [6.45, 7) is 1.58. The van der Waals surface area contributed by atoms with E-state index < -0.39 is 10.0 Å². The molecule has 19 heavy (non-hydrogen) atoms. The number of rotatable bonds is 4. The summed E-state index contributed by atoms with van der Waals surface area (Å²) in [6, 6.07) is 2.17. The average molecular weight is 303 g/mol. The molecule has 0 bridgehead atoms. The van der Waals surface area contributed by atoms with Gasteiger partial charge < -0.3 is 10.6 Å². The molecule has 0 aromatic carbocycles. The van der Waals surface area contributed by atoms with Crippen molar-refractivity contribution < 1.29 is 8.42 Å². The van der Waals surface area contributed by atoms with Crippen LogP contribution in [0.15, 0.2) is 15.7 Å². The van der Waals surface area contributed by atoms with Gasteiger partial charge in [0.1, 0.15) is 4.21 Å². The Hall–Kier alpha value is -0.470. The first-order valence-corrected chi connectivity index (χ1v) is 8.71. The van der Waals surface area contributed by atoms with Crippen molar-refractivity contribution in [1.29, 1.82) is 0 Å². The van der Waals surface area contributed by atoms with Crippen LogP contribution >= 0.6 is 11.3 Å². The molecule has 1 aliphatic heterocycles. The van der Waals surface area contributed by atoms with Gasteiger partial charge in [-0.1, -0.05) is 0 Å². The van der Waals surface area contributed by atoms with Crippen molar-refractivity contribution in [1.82, 2.24) is 9.21 Å². The van der Waals surface area contributed by atoms with Crippen molar-refractivity contribution in [3.05, 3.63) is 17.0 Å². The Kier molecular flexibility index (Phi) is 4.62. The highest BCUT2D eigenvalue weighted by Crippen LogP contribution is 2.26. The molecule has 1 aromatic rings. The van der Waals surface area contributed by atoms with Gasteiger partial charge in [-0.25, -0.2) is 8.42 Å². The lowest BCUT2D eigenvalue weighted by Crippen LogP contribution is -2.44. The maximum Gasteiger partial charge on any atom is 0.252 e. The maximum absolute atomic E-state index is 12.5. The zero-order valence-electron chi connectivity index (χ0n) is 11.4. The first-order chi connectivity index (χ1) is 8.95. The van der Waals surface area contributed by atoms with Crippen molar-refractivity contribution in [2.75, 3.05) is 27.2 Å². The van der Waals surface area contributed by atoms with Crippen molar-refractivity contribution in [3.63, 3.8) is 0 Å². The minimum Gasteiger partial charge on any atom is -0.326 e. The van der Waals surface area contributed by atoms with Gasteiger partial charge in [-0.05, 0) is 43.9 Å². The highest BCUT2D eigenvalue weighted by Gasteiger charge is 2.30. The molecule has 2 rings (SSSR count). The molecule has 1 saturated heterocycles. The first-order valence-electron chi connectivity index (χ1n) is 6.39. The Morgan fingerprint density at radius 3 is 2.53 bits per heavy atom. The number of nitrogens with zero attached hydrogens (tertiary/aromatic N) is 2. The Bertz CT molecular complexity index is 517. The van der Waals surface area contributed by atoms with Crippen molar-refractivity contribution in [3.8, 4) is 0 Å². The predicted octanol–water partition coefficient (Wildman–Crippen LogP) is 0.921. The lowest BCUT2D eigenvalue weighted by atomic mass is 10.1. The molecule has 7 heteroatoms. The molecule has 2 N–H and O–H groups in total. The first kappa shape index (κ1) is 14.9. The number of hydrogen-bond donors (Lipinski definition) is 1. The normalized spacial score (nSPS) is 19.2. The van der Waals surface area contributed by atoms with Gasteiger partial charge in [0.2, 0.25) is 0 Å². The molecule has 1 fully saturated rings. The third-order valence-corrected chi connectivity index (χ3v) is 6.98. The zero-order valence-corrected chi connectivity index (χ0v) is 13.0. The molecule has 1 aromatic heterocycles. The third-order valence-electron chi connectivity index (χ3n) is 3.61. The van der Waals surface area contributed by atoms with Gasteiger partial charge in [-0.3, -0.25) is 0 Å². The van der Waals surface area contributed by atoms with Gasteiger partial charge in [-0.2, -0.15) is 4.31 Å². The van der Waals surface area contributed by atoms with E-state index in [0.717, 1.165) is 18.4 Å². The van der Waals surface area contributed by atoms with Gasteiger partial charge in [-0.15, -0.1) is 11.3 Å². The van der Waals surface area contributed by atoms with Crippen LogP contribution in [-0.4, -0.2) is 50.8 Å². The Labute approximate surface area is 119 Å². The fraction of sp³-hybridized carbons (Fsp3) is 0.667. The van der Waals surface area contributed by atoms with Gasteiger partial charge in [0.25, 0.3) is 10.0 Å². The summed E-state index contributed by atoms with van der Waals surface area (Å²) in [5.74, 6) is 0. The maximum atomic E-state index is 12.5. The van der Waals surface area contributed by atoms with Gasteiger partial charge in [0, 0.05) is 25.7 Å². The monoisotopic (exact) mass is 303 g/mol. The number of sulfonamides is 1. The molecule has 108 valence electrons. The van der Waals surface area contributed by atoms with E-state index in [9.17, 15) is 8.42 Å². The molecule has 5 nitrogen and oxygen atoms in total. The molecule has 0 aliphatic carbocycles. The van der Waals surface area contributed by atoms with E-state index in [1.54, 1.807) is 10.4 Å². The zero-order chi connectivity index (χ0) is 14.0. The van der Waals surface area contributed by atoms with Crippen molar-refractivity contribution in [2.45, 2.75) is 29.6 Å². The second kappa shape index (κ2) is 5.88. The lowest BCUT2D eigenvalue weighted by Gasteiger charge is -2.34.